The number of alkyl halides is 1. The molecule has 0 aliphatic carbocycles. The molecule has 0 fully saturated rings. The Morgan fingerprint density at radius 2 is 2.14 bits per heavy atom. The molecule has 3 heteroatoms. The van der Waals surface area contributed by atoms with Crippen LogP contribution in [0.4, 0.5) is 0 Å². The maximum Gasteiger partial charge on any atom is 0.0684 e. The van der Waals surface area contributed by atoms with E-state index in [9.17, 15) is 0 Å². The molecule has 0 saturated carbocycles. The fourth-order valence-electron chi connectivity index (χ4n) is 1.69. The SMILES string of the molecule is Cc1c(CO)ccc2scc(CCl)c12. The first-order valence-electron chi connectivity index (χ1n) is 4.43. The Morgan fingerprint density at radius 1 is 1.36 bits per heavy atom. The highest BCUT2D eigenvalue weighted by Crippen LogP contribution is 2.31. The third kappa shape index (κ3) is 1.44. The summed E-state index contributed by atoms with van der Waals surface area (Å²) in [5.74, 6) is 0.537. The van der Waals surface area contributed by atoms with Gasteiger partial charge in [0, 0.05) is 16.0 Å². The lowest BCUT2D eigenvalue weighted by Crippen LogP contribution is -1.89. The van der Waals surface area contributed by atoms with Gasteiger partial charge in [-0.3, -0.25) is 0 Å². The first kappa shape index (κ1) is 9.97. The predicted molar refractivity (Wildman–Crippen MR) is 62.0 cm³/mol. The van der Waals surface area contributed by atoms with Crippen LogP contribution >= 0.6 is 22.9 Å². The molecule has 1 aromatic carbocycles. The molecule has 0 atom stereocenters. The standard InChI is InChI=1S/C11H11ClOS/c1-7-8(5-13)2-3-10-11(7)9(4-12)6-14-10/h2-3,6,13H,4-5H2,1H3. The summed E-state index contributed by atoms with van der Waals surface area (Å²) in [6.07, 6.45) is 0. The quantitative estimate of drug-likeness (QED) is 0.778. The molecule has 0 aliphatic heterocycles. The van der Waals surface area contributed by atoms with E-state index in [-0.39, 0.29) is 6.61 Å². The minimum Gasteiger partial charge on any atom is -0.392 e. The van der Waals surface area contributed by atoms with E-state index in [1.165, 1.54) is 15.6 Å². The zero-order valence-corrected chi connectivity index (χ0v) is 9.45. The van der Waals surface area contributed by atoms with Crippen molar-refractivity contribution in [2.24, 2.45) is 0 Å². The van der Waals surface area contributed by atoms with Crippen molar-refractivity contribution >= 4 is 33.0 Å². The number of aliphatic hydroxyl groups is 1. The Hall–Kier alpha value is -0.570. The molecular formula is C11H11ClOS. The number of aliphatic hydroxyl groups excluding tert-OH is 1. The zero-order valence-electron chi connectivity index (χ0n) is 7.88. The fourth-order valence-corrected chi connectivity index (χ4v) is 3.01. The van der Waals surface area contributed by atoms with E-state index in [1.54, 1.807) is 11.3 Å². The second-order valence-electron chi connectivity index (χ2n) is 3.28. The minimum atomic E-state index is 0.0966. The number of fused-ring (bicyclic) bond motifs is 1. The average Bonchev–Trinajstić information content (AvgIpc) is 2.62. The molecule has 0 radical (unpaired) electrons. The summed E-state index contributed by atoms with van der Waals surface area (Å²) in [7, 11) is 0. The summed E-state index contributed by atoms with van der Waals surface area (Å²) in [5.41, 5.74) is 3.31. The summed E-state index contributed by atoms with van der Waals surface area (Å²) < 4.78 is 1.25. The second-order valence-corrected chi connectivity index (χ2v) is 4.45. The van der Waals surface area contributed by atoms with E-state index in [2.05, 4.69) is 11.4 Å². The van der Waals surface area contributed by atoms with Crippen LogP contribution in [0.15, 0.2) is 17.5 Å². The average molecular weight is 227 g/mol. The molecule has 1 aromatic heterocycles. The molecule has 0 aliphatic rings. The number of rotatable bonds is 2. The first-order valence-corrected chi connectivity index (χ1v) is 5.84. The summed E-state index contributed by atoms with van der Waals surface area (Å²) in [6.45, 7) is 2.13. The number of benzene rings is 1. The van der Waals surface area contributed by atoms with Crippen molar-refractivity contribution in [2.75, 3.05) is 0 Å². The van der Waals surface area contributed by atoms with Crippen molar-refractivity contribution in [3.05, 3.63) is 34.2 Å². The number of halogens is 1. The first-order chi connectivity index (χ1) is 6.77. The maximum atomic E-state index is 9.15. The molecule has 14 heavy (non-hydrogen) atoms. The Morgan fingerprint density at radius 3 is 2.79 bits per heavy atom. The molecule has 0 spiro atoms. The highest BCUT2D eigenvalue weighted by atomic mass is 35.5. The van der Waals surface area contributed by atoms with Crippen LogP contribution in [0.2, 0.25) is 0 Å². The van der Waals surface area contributed by atoms with Crippen LogP contribution in [-0.4, -0.2) is 5.11 Å². The van der Waals surface area contributed by atoms with Gasteiger partial charge < -0.3 is 5.11 Å². The second kappa shape index (κ2) is 3.89. The fraction of sp³-hybridized carbons (Fsp3) is 0.273. The van der Waals surface area contributed by atoms with Crippen LogP contribution in [0.25, 0.3) is 10.1 Å². The minimum absolute atomic E-state index is 0.0966. The van der Waals surface area contributed by atoms with E-state index in [0.29, 0.717) is 5.88 Å². The molecule has 0 amide bonds. The van der Waals surface area contributed by atoms with Crippen LogP contribution in [0.5, 0.6) is 0 Å². The molecule has 1 heterocycles. The van der Waals surface area contributed by atoms with Crippen molar-refractivity contribution in [1.29, 1.82) is 0 Å². The van der Waals surface area contributed by atoms with E-state index < -0.39 is 0 Å². The molecule has 0 bridgehead atoms. The number of aryl methyl sites for hydroxylation is 1. The van der Waals surface area contributed by atoms with E-state index in [0.717, 1.165) is 11.1 Å². The highest BCUT2D eigenvalue weighted by molar-refractivity contribution is 7.17. The monoisotopic (exact) mass is 226 g/mol. The van der Waals surface area contributed by atoms with Gasteiger partial charge in [0.25, 0.3) is 0 Å². The third-order valence-corrected chi connectivity index (χ3v) is 3.79. The summed E-state index contributed by atoms with van der Waals surface area (Å²) in [5, 5.41) is 12.5. The van der Waals surface area contributed by atoms with Gasteiger partial charge >= 0.3 is 0 Å². The van der Waals surface area contributed by atoms with Crippen molar-refractivity contribution in [1.82, 2.24) is 0 Å². The van der Waals surface area contributed by atoms with Gasteiger partial charge in [0.2, 0.25) is 0 Å². The third-order valence-electron chi connectivity index (χ3n) is 2.50. The van der Waals surface area contributed by atoms with Crippen molar-refractivity contribution in [3.8, 4) is 0 Å². The van der Waals surface area contributed by atoms with Gasteiger partial charge in [0.15, 0.2) is 0 Å². The zero-order chi connectivity index (χ0) is 10.1. The molecular weight excluding hydrogens is 216 g/mol. The van der Waals surface area contributed by atoms with E-state index in [4.69, 9.17) is 16.7 Å². The Balaban J connectivity index is 2.77. The van der Waals surface area contributed by atoms with Gasteiger partial charge in [0.1, 0.15) is 0 Å². The summed E-state index contributed by atoms with van der Waals surface area (Å²) in [6, 6.07) is 4.03. The molecule has 0 saturated heterocycles. The Kier molecular flexibility index (Phi) is 2.77. The van der Waals surface area contributed by atoms with Crippen LogP contribution in [-0.2, 0) is 12.5 Å². The van der Waals surface area contributed by atoms with Gasteiger partial charge in [-0.15, -0.1) is 22.9 Å². The van der Waals surface area contributed by atoms with Crippen LogP contribution in [0, 0.1) is 6.92 Å². The van der Waals surface area contributed by atoms with Crippen LogP contribution < -0.4 is 0 Å². The molecule has 1 N–H and O–H groups in total. The van der Waals surface area contributed by atoms with E-state index >= 15 is 0 Å². The lowest BCUT2D eigenvalue weighted by Gasteiger charge is -2.04. The van der Waals surface area contributed by atoms with Crippen molar-refractivity contribution in [2.45, 2.75) is 19.4 Å². The highest BCUT2D eigenvalue weighted by Gasteiger charge is 2.08. The van der Waals surface area contributed by atoms with Crippen molar-refractivity contribution < 1.29 is 5.11 Å². The largest absolute Gasteiger partial charge is 0.392 e. The predicted octanol–water partition coefficient (Wildman–Crippen LogP) is 3.44. The molecule has 1 nitrogen and oxygen atoms in total. The van der Waals surface area contributed by atoms with Crippen LogP contribution in [0.3, 0.4) is 0 Å². The Bertz CT molecular complexity index is 462. The number of hydrogen-bond donors (Lipinski definition) is 1. The topological polar surface area (TPSA) is 20.2 Å². The van der Waals surface area contributed by atoms with Gasteiger partial charge in [-0.1, -0.05) is 6.07 Å². The summed E-state index contributed by atoms with van der Waals surface area (Å²) >= 11 is 7.56. The van der Waals surface area contributed by atoms with Gasteiger partial charge in [-0.05, 0) is 35.1 Å². The van der Waals surface area contributed by atoms with Gasteiger partial charge in [0.05, 0.1) is 6.61 Å². The lowest BCUT2D eigenvalue weighted by molar-refractivity contribution is 0.281. The maximum absolute atomic E-state index is 9.15. The van der Waals surface area contributed by atoms with Crippen molar-refractivity contribution in [3.63, 3.8) is 0 Å². The molecule has 74 valence electrons. The molecule has 2 rings (SSSR count). The lowest BCUT2D eigenvalue weighted by atomic mass is 10.0. The number of hydrogen-bond acceptors (Lipinski definition) is 2. The van der Waals surface area contributed by atoms with E-state index in [1.807, 2.05) is 13.0 Å². The molecule has 0 unspecified atom stereocenters. The normalized spacial score (nSPS) is 11.1. The van der Waals surface area contributed by atoms with Gasteiger partial charge in [-0.2, -0.15) is 0 Å². The van der Waals surface area contributed by atoms with Gasteiger partial charge in [-0.25, -0.2) is 0 Å². The Labute approximate surface area is 91.9 Å². The number of thiophene rings is 1. The summed E-state index contributed by atoms with van der Waals surface area (Å²) in [4.78, 5) is 0. The molecule has 2 aromatic rings. The smallest absolute Gasteiger partial charge is 0.0684 e. The van der Waals surface area contributed by atoms with Crippen LogP contribution in [0.1, 0.15) is 16.7 Å².